The van der Waals surface area contributed by atoms with E-state index in [0.29, 0.717) is 18.1 Å². The molecular formula is C20H25ClN2O5S. The van der Waals surface area contributed by atoms with Crippen LogP contribution < -0.4 is 14.8 Å². The Morgan fingerprint density at radius 2 is 1.90 bits per heavy atom. The third kappa shape index (κ3) is 5.62. The summed E-state index contributed by atoms with van der Waals surface area (Å²) >= 11 is 6.09. The second kappa shape index (κ2) is 9.96. The fourth-order valence-electron chi connectivity index (χ4n) is 2.77. The van der Waals surface area contributed by atoms with Gasteiger partial charge in [0.25, 0.3) is 0 Å². The van der Waals surface area contributed by atoms with Gasteiger partial charge in [0.05, 0.1) is 36.2 Å². The Labute approximate surface area is 176 Å². The molecular weight excluding hydrogens is 416 g/mol. The first-order valence-electron chi connectivity index (χ1n) is 9.01. The van der Waals surface area contributed by atoms with Gasteiger partial charge in [0.2, 0.25) is 15.9 Å². The molecule has 2 rings (SSSR count). The number of rotatable bonds is 9. The highest BCUT2D eigenvalue weighted by molar-refractivity contribution is 7.89. The predicted octanol–water partition coefficient (Wildman–Crippen LogP) is 3.25. The number of amides is 1. The average Bonchev–Trinajstić information content (AvgIpc) is 2.69. The SMILES string of the molecule is CCOc1ccc(S(=O)(=O)N(C)CC(=O)N[C@H](C)c2ccccc2OC)cc1Cl. The number of ether oxygens (including phenoxy) is 2. The average molecular weight is 441 g/mol. The lowest BCUT2D eigenvalue weighted by Gasteiger charge is -2.21. The summed E-state index contributed by atoms with van der Waals surface area (Å²) in [4.78, 5) is 12.4. The zero-order chi connectivity index (χ0) is 21.6. The fourth-order valence-corrected chi connectivity index (χ4v) is 4.22. The first-order valence-corrected chi connectivity index (χ1v) is 10.8. The number of hydrogen-bond acceptors (Lipinski definition) is 5. The Morgan fingerprint density at radius 3 is 2.52 bits per heavy atom. The molecule has 0 saturated heterocycles. The van der Waals surface area contributed by atoms with Crippen LogP contribution in [0.2, 0.25) is 5.02 Å². The Morgan fingerprint density at radius 1 is 1.21 bits per heavy atom. The van der Waals surface area contributed by atoms with Crippen molar-refractivity contribution in [2.24, 2.45) is 0 Å². The Balaban J connectivity index is 2.09. The zero-order valence-corrected chi connectivity index (χ0v) is 18.4. The van der Waals surface area contributed by atoms with Gasteiger partial charge in [-0.3, -0.25) is 4.79 Å². The first-order chi connectivity index (χ1) is 13.7. The van der Waals surface area contributed by atoms with Crippen LogP contribution in [0.1, 0.15) is 25.5 Å². The summed E-state index contributed by atoms with van der Waals surface area (Å²) in [5.74, 6) is 0.607. The zero-order valence-electron chi connectivity index (χ0n) is 16.8. The maximum absolute atomic E-state index is 12.8. The summed E-state index contributed by atoms with van der Waals surface area (Å²) in [6.45, 7) is 3.68. The minimum Gasteiger partial charge on any atom is -0.496 e. The molecule has 0 bridgehead atoms. The molecule has 1 amide bonds. The van der Waals surface area contributed by atoms with Crippen molar-refractivity contribution in [2.45, 2.75) is 24.8 Å². The number of carbonyl (C=O) groups is 1. The van der Waals surface area contributed by atoms with Gasteiger partial charge in [0, 0.05) is 12.6 Å². The van der Waals surface area contributed by atoms with Crippen LogP contribution in [0.3, 0.4) is 0 Å². The number of carbonyl (C=O) groups excluding carboxylic acids is 1. The molecule has 0 aliphatic heterocycles. The molecule has 7 nitrogen and oxygen atoms in total. The molecule has 0 heterocycles. The standard InChI is InChI=1S/C20H25ClN2O5S/c1-5-28-19-11-10-15(12-17(19)21)29(25,26)23(3)13-20(24)22-14(2)16-8-6-7-9-18(16)27-4/h6-12,14H,5,13H2,1-4H3,(H,22,24)/t14-/m1/s1. The molecule has 0 unspecified atom stereocenters. The van der Waals surface area contributed by atoms with Crippen LogP contribution >= 0.6 is 11.6 Å². The third-order valence-corrected chi connectivity index (χ3v) is 6.36. The number of nitrogens with one attached hydrogen (secondary N) is 1. The van der Waals surface area contributed by atoms with Crippen molar-refractivity contribution in [3.8, 4) is 11.5 Å². The molecule has 1 N–H and O–H groups in total. The lowest BCUT2D eigenvalue weighted by molar-refractivity contribution is -0.121. The van der Waals surface area contributed by atoms with Crippen LogP contribution in [0, 0.1) is 0 Å². The van der Waals surface area contributed by atoms with Crippen LogP contribution in [-0.4, -0.2) is 45.9 Å². The lowest BCUT2D eigenvalue weighted by atomic mass is 10.1. The van der Waals surface area contributed by atoms with E-state index in [9.17, 15) is 13.2 Å². The molecule has 9 heteroatoms. The van der Waals surface area contributed by atoms with Crippen molar-refractivity contribution in [1.82, 2.24) is 9.62 Å². The highest BCUT2D eigenvalue weighted by Crippen LogP contribution is 2.28. The molecule has 0 aliphatic carbocycles. The Kier molecular flexibility index (Phi) is 7.89. The van der Waals surface area contributed by atoms with Gasteiger partial charge < -0.3 is 14.8 Å². The van der Waals surface area contributed by atoms with E-state index in [2.05, 4.69) is 5.32 Å². The van der Waals surface area contributed by atoms with Gasteiger partial charge in [-0.1, -0.05) is 29.8 Å². The fraction of sp³-hybridized carbons (Fsp3) is 0.350. The summed E-state index contributed by atoms with van der Waals surface area (Å²) in [7, 11) is -1.00. The van der Waals surface area contributed by atoms with Gasteiger partial charge in [-0.15, -0.1) is 0 Å². The van der Waals surface area contributed by atoms with Crippen molar-refractivity contribution in [3.63, 3.8) is 0 Å². The van der Waals surface area contributed by atoms with E-state index in [-0.39, 0.29) is 22.5 Å². The van der Waals surface area contributed by atoms with Crippen molar-refractivity contribution < 1.29 is 22.7 Å². The van der Waals surface area contributed by atoms with E-state index in [1.807, 2.05) is 18.2 Å². The quantitative estimate of drug-likeness (QED) is 0.647. The summed E-state index contributed by atoms with van der Waals surface area (Å²) in [6.07, 6.45) is 0. The number of methoxy groups -OCH3 is 1. The molecule has 0 fully saturated rings. The summed E-state index contributed by atoms with van der Waals surface area (Å²) in [5.41, 5.74) is 0.798. The minimum absolute atomic E-state index is 0.0148. The number of likely N-dealkylation sites (N-methyl/N-ethyl adjacent to an activating group) is 1. The van der Waals surface area contributed by atoms with Gasteiger partial charge >= 0.3 is 0 Å². The van der Waals surface area contributed by atoms with E-state index >= 15 is 0 Å². The van der Waals surface area contributed by atoms with Gasteiger partial charge in [0.1, 0.15) is 11.5 Å². The number of nitrogens with zero attached hydrogens (tertiary/aromatic N) is 1. The molecule has 2 aromatic rings. The normalized spacial score (nSPS) is 12.5. The molecule has 2 aromatic carbocycles. The molecule has 0 saturated carbocycles. The molecule has 1 atom stereocenters. The van der Waals surface area contributed by atoms with E-state index in [0.717, 1.165) is 9.87 Å². The molecule has 158 valence electrons. The van der Waals surface area contributed by atoms with Crippen LogP contribution in [0.15, 0.2) is 47.4 Å². The van der Waals surface area contributed by atoms with Crippen molar-refractivity contribution >= 4 is 27.5 Å². The van der Waals surface area contributed by atoms with Crippen molar-refractivity contribution in [2.75, 3.05) is 27.3 Å². The van der Waals surface area contributed by atoms with E-state index < -0.39 is 15.9 Å². The number of sulfonamides is 1. The smallest absolute Gasteiger partial charge is 0.243 e. The molecule has 0 spiro atoms. The summed E-state index contributed by atoms with van der Waals surface area (Å²) in [6, 6.07) is 11.2. The van der Waals surface area contributed by atoms with Gasteiger partial charge in [-0.25, -0.2) is 8.42 Å². The van der Waals surface area contributed by atoms with Gasteiger partial charge in [-0.2, -0.15) is 4.31 Å². The first kappa shape index (κ1) is 23.0. The van der Waals surface area contributed by atoms with Gasteiger partial charge in [-0.05, 0) is 38.1 Å². The van der Waals surface area contributed by atoms with E-state index in [1.165, 1.54) is 25.2 Å². The van der Waals surface area contributed by atoms with Crippen LogP contribution in [0.4, 0.5) is 0 Å². The molecule has 0 aliphatic rings. The lowest BCUT2D eigenvalue weighted by Crippen LogP contribution is -2.39. The molecule has 0 radical (unpaired) electrons. The maximum atomic E-state index is 12.8. The van der Waals surface area contributed by atoms with E-state index in [1.54, 1.807) is 27.0 Å². The second-order valence-electron chi connectivity index (χ2n) is 6.32. The predicted molar refractivity (Wildman–Crippen MR) is 112 cm³/mol. The molecule has 29 heavy (non-hydrogen) atoms. The minimum atomic E-state index is -3.89. The largest absolute Gasteiger partial charge is 0.496 e. The number of hydrogen-bond donors (Lipinski definition) is 1. The monoisotopic (exact) mass is 440 g/mol. The summed E-state index contributed by atoms with van der Waals surface area (Å²) < 4.78 is 37.1. The van der Waals surface area contributed by atoms with Crippen LogP contribution in [0.25, 0.3) is 0 Å². The van der Waals surface area contributed by atoms with Gasteiger partial charge in [0.15, 0.2) is 0 Å². The number of benzene rings is 2. The van der Waals surface area contributed by atoms with Crippen LogP contribution in [0.5, 0.6) is 11.5 Å². The molecule has 0 aromatic heterocycles. The highest BCUT2D eigenvalue weighted by atomic mass is 35.5. The van der Waals surface area contributed by atoms with Crippen molar-refractivity contribution in [1.29, 1.82) is 0 Å². The third-order valence-electron chi connectivity index (χ3n) is 4.26. The Bertz CT molecular complexity index is 965. The highest BCUT2D eigenvalue weighted by Gasteiger charge is 2.25. The van der Waals surface area contributed by atoms with E-state index in [4.69, 9.17) is 21.1 Å². The maximum Gasteiger partial charge on any atom is 0.243 e. The second-order valence-corrected chi connectivity index (χ2v) is 8.77. The topological polar surface area (TPSA) is 84.9 Å². The van der Waals surface area contributed by atoms with Crippen molar-refractivity contribution in [3.05, 3.63) is 53.1 Å². The number of para-hydroxylation sites is 1. The number of halogens is 1. The summed E-state index contributed by atoms with van der Waals surface area (Å²) in [5, 5.41) is 2.98. The Hall–Kier alpha value is -2.29. The van der Waals surface area contributed by atoms with Crippen LogP contribution in [-0.2, 0) is 14.8 Å².